The molecule has 48 valence electrons. The minimum atomic E-state index is 0.212. The second kappa shape index (κ2) is 3.04. The Kier molecular flexibility index (Phi) is 2.60. The SMILES string of the molecule is ClC1CCC(Br)CN1. The van der Waals surface area contributed by atoms with Crippen LogP contribution in [0.5, 0.6) is 0 Å². The number of alkyl halides is 2. The molecule has 1 aliphatic heterocycles. The molecule has 2 atom stereocenters. The highest BCUT2D eigenvalue weighted by Gasteiger charge is 2.14. The molecule has 3 heteroatoms. The van der Waals surface area contributed by atoms with E-state index in [1.165, 1.54) is 6.42 Å². The van der Waals surface area contributed by atoms with Crippen molar-refractivity contribution in [3.63, 3.8) is 0 Å². The Morgan fingerprint density at radius 2 is 2.25 bits per heavy atom. The van der Waals surface area contributed by atoms with Crippen molar-refractivity contribution in [3.8, 4) is 0 Å². The maximum Gasteiger partial charge on any atom is 0.0826 e. The number of rotatable bonds is 0. The van der Waals surface area contributed by atoms with Crippen LogP contribution in [0, 0.1) is 0 Å². The van der Waals surface area contributed by atoms with Crippen LogP contribution in [0.4, 0.5) is 0 Å². The predicted octanol–water partition coefficient (Wildman–Crippen LogP) is 1.70. The smallest absolute Gasteiger partial charge is 0.0826 e. The van der Waals surface area contributed by atoms with Crippen LogP contribution in [0.2, 0.25) is 0 Å². The first-order chi connectivity index (χ1) is 3.79. The highest BCUT2D eigenvalue weighted by Crippen LogP contribution is 2.15. The molecule has 8 heavy (non-hydrogen) atoms. The lowest BCUT2D eigenvalue weighted by Gasteiger charge is -2.21. The highest BCUT2D eigenvalue weighted by atomic mass is 79.9. The molecule has 0 spiro atoms. The first-order valence-electron chi connectivity index (χ1n) is 2.80. The van der Waals surface area contributed by atoms with Gasteiger partial charge in [-0.15, -0.1) is 11.6 Å². The lowest BCUT2D eigenvalue weighted by Crippen LogP contribution is -2.35. The minimum Gasteiger partial charge on any atom is -0.300 e. The lowest BCUT2D eigenvalue weighted by atomic mass is 10.2. The quantitative estimate of drug-likeness (QED) is 0.461. The van der Waals surface area contributed by atoms with Gasteiger partial charge in [-0.05, 0) is 12.8 Å². The Morgan fingerprint density at radius 1 is 1.50 bits per heavy atom. The number of hydrogen-bond acceptors (Lipinski definition) is 1. The molecule has 1 nitrogen and oxygen atoms in total. The molecule has 0 amide bonds. The fraction of sp³-hybridized carbons (Fsp3) is 1.00. The molecule has 0 aromatic carbocycles. The van der Waals surface area contributed by atoms with Crippen molar-refractivity contribution < 1.29 is 0 Å². The zero-order chi connectivity index (χ0) is 5.98. The summed E-state index contributed by atoms with van der Waals surface area (Å²) in [4.78, 5) is 0.637. The number of hydrogen-bond donors (Lipinski definition) is 1. The van der Waals surface area contributed by atoms with Crippen LogP contribution in [0.25, 0.3) is 0 Å². The average molecular weight is 198 g/mol. The molecular weight excluding hydrogens is 189 g/mol. The molecule has 1 N–H and O–H groups in total. The van der Waals surface area contributed by atoms with E-state index in [0.717, 1.165) is 13.0 Å². The Labute approximate surface area is 62.9 Å². The van der Waals surface area contributed by atoms with E-state index in [1.807, 2.05) is 0 Å². The maximum absolute atomic E-state index is 5.75. The fourth-order valence-electron chi connectivity index (χ4n) is 0.787. The minimum absolute atomic E-state index is 0.212. The van der Waals surface area contributed by atoms with Gasteiger partial charge in [0.25, 0.3) is 0 Å². The summed E-state index contributed by atoms with van der Waals surface area (Å²) in [6, 6.07) is 0. The Balaban J connectivity index is 2.19. The van der Waals surface area contributed by atoms with Crippen LogP contribution in [0.3, 0.4) is 0 Å². The number of nitrogens with one attached hydrogen (secondary N) is 1. The number of piperidine rings is 1. The third kappa shape index (κ3) is 1.92. The predicted molar refractivity (Wildman–Crippen MR) is 39.6 cm³/mol. The molecule has 0 aliphatic carbocycles. The second-order valence-electron chi connectivity index (χ2n) is 2.05. The zero-order valence-corrected chi connectivity index (χ0v) is 6.87. The van der Waals surface area contributed by atoms with E-state index in [0.29, 0.717) is 4.83 Å². The van der Waals surface area contributed by atoms with Crippen molar-refractivity contribution in [2.45, 2.75) is 23.2 Å². The molecule has 1 fully saturated rings. The first kappa shape index (κ1) is 6.84. The van der Waals surface area contributed by atoms with Crippen LogP contribution < -0.4 is 5.32 Å². The van der Waals surface area contributed by atoms with Crippen molar-refractivity contribution >= 4 is 27.5 Å². The average Bonchev–Trinajstić information content (AvgIpc) is 1.77. The van der Waals surface area contributed by atoms with Gasteiger partial charge in [-0.25, -0.2) is 0 Å². The summed E-state index contributed by atoms with van der Waals surface area (Å²) >= 11 is 9.24. The molecule has 0 aromatic rings. The van der Waals surface area contributed by atoms with Gasteiger partial charge in [0.05, 0.1) is 5.50 Å². The van der Waals surface area contributed by atoms with Gasteiger partial charge >= 0.3 is 0 Å². The van der Waals surface area contributed by atoms with Crippen molar-refractivity contribution in [2.24, 2.45) is 0 Å². The van der Waals surface area contributed by atoms with Crippen molar-refractivity contribution in [1.29, 1.82) is 0 Å². The highest BCUT2D eigenvalue weighted by molar-refractivity contribution is 9.09. The van der Waals surface area contributed by atoms with E-state index < -0.39 is 0 Å². The van der Waals surface area contributed by atoms with E-state index in [1.54, 1.807) is 0 Å². The zero-order valence-electron chi connectivity index (χ0n) is 4.53. The van der Waals surface area contributed by atoms with Crippen LogP contribution in [-0.4, -0.2) is 16.9 Å². The molecule has 1 rings (SSSR count). The molecule has 2 unspecified atom stereocenters. The van der Waals surface area contributed by atoms with Crippen molar-refractivity contribution in [2.75, 3.05) is 6.54 Å². The van der Waals surface area contributed by atoms with Gasteiger partial charge < -0.3 is 5.32 Å². The second-order valence-corrected chi connectivity index (χ2v) is 3.87. The maximum atomic E-state index is 5.75. The van der Waals surface area contributed by atoms with Crippen LogP contribution >= 0.6 is 27.5 Å². The normalized spacial score (nSPS) is 39.8. The number of halogens is 2. The third-order valence-electron chi connectivity index (χ3n) is 1.29. The largest absolute Gasteiger partial charge is 0.300 e. The van der Waals surface area contributed by atoms with Gasteiger partial charge in [-0.3, -0.25) is 0 Å². The van der Waals surface area contributed by atoms with Gasteiger partial charge in [0.2, 0.25) is 0 Å². The van der Waals surface area contributed by atoms with Gasteiger partial charge in [0.15, 0.2) is 0 Å². The van der Waals surface area contributed by atoms with E-state index in [2.05, 4.69) is 21.2 Å². The summed E-state index contributed by atoms with van der Waals surface area (Å²) in [5, 5.41) is 3.15. The molecule has 1 aliphatic rings. The lowest BCUT2D eigenvalue weighted by molar-refractivity contribution is 0.500. The standard InChI is InChI=1S/C5H9BrClN/c6-4-1-2-5(7)8-3-4/h4-5,8H,1-3H2. The molecule has 0 aromatic heterocycles. The van der Waals surface area contributed by atoms with Gasteiger partial charge in [0, 0.05) is 11.4 Å². The molecule has 0 bridgehead atoms. The van der Waals surface area contributed by atoms with E-state index in [9.17, 15) is 0 Å². The van der Waals surface area contributed by atoms with E-state index in [-0.39, 0.29) is 5.50 Å². The molecule has 1 saturated heterocycles. The Morgan fingerprint density at radius 3 is 2.62 bits per heavy atom. The van der Waals surface area contributed by atoms with Crippen LogP contribution in [0.15, 0.2) is 0 Å². The summed E-state index contributed by atoms with van der Waals surface area (Å²) in [6.07, 6.45) is 2.28. The third-order valence-corrected chi connectivity index (χ3v) is 2.45. The molecule has 0 radical (unpaired) electrons. The topological polar surface area (TPSA) is 12.0 Å². The summed E-state index contributed by atoms with van der Waals surface area (Å²) in [5.41, 5.74) is 0.212. The molecule has 0 saturated carbocycles. The summed E-state index contributed by atoms with van der Waals surface area (Å²) in [6.45, 7) is 1.01. The summed E-state index contributed by atoms with van der Waals surface area (Å²) < 4.78 is 0. The van der Waals surface area contributed by atoms with E-state index in [4.69, 9.17) is 11.6 Å². The van der Waals surface area contributed by atoms with E-state index >= 15 is 0 Å². The van der Waals surface area contributed by atoms with Gasteiger partial charge in [-0.2, -0.15) is 0 Å². The monoisotopic (exact) mass is 197 g/mol. The Hall–Kier alpha value is 0.730. The van der Waals surface area contributed by atoms with Crippen LogP contribution in [-0.2, 0) is 0 Å². The van der Waals surface area contributed by atoms with Crippen molar-refractivity contribution in [3.05, 3.63) is 0 Å². The van der Waals surface area contributed by atoms with Gasteiger partial charge in [0.1, 0.15) is 0 Å². The molecule has 1 heterocycles. The first-order valence-corrected chi connectivity index (χ1v) is 4.16. The van der Waals surface area contributed by atoms with Crippen molar-refractivity contribution in [1.82, 2.24) is 5.32 Å². The van der Waals surface area contributed by atoms with Gasteiger partial charge in [-0.1, -0.05) is 15.9 Å². The summed E-state index contributed by atoms with van der Waals surface area (Å²) in [7, 11) is 0. The fourth-order valence-corrected chi connectivity index (χ4v) is 1.45. The Bertz CT molecular complexity index is 60.8. The van der Waals surface area contributed by atoms with Crippen LogP contribution in [0.1, 0.15) is 12.8 Å². The molecular formula is C5H9BrClN. The summed E-state index contributed by atoms with van der Waals surface area (Å²) in [5.74, 6) is 0.